The molecule has 8 aromatic carbocycles. The standard InChI is InChI=1S/C51H34N2O/c1-51(2)41-15-7-3-11-35(41)36-25-24-34(30-42(36)51)53-44-17-9-5-14-39(44)50-46(53)27-26-45-49(50)38-13-4-8-16-43(38)52(45)33-22-19-31(20-23-33)32-21-28-48-40(29-32)37-12-6-10-18-47(37)54-48/h3-30H,1-2H3. The molecule has 12 rings (SSSR count). The first-order valence-corrected chi connectivity index (χ1v) is 18.8. The smallest absolute Gasteiger partial charge is 0.135 e. The van der Waals surface area contributed by atoms with Gasteiger partial charge in [-0.3, -0.25) is 0 Å². The second-order valence-electron chi connectivity index (χ2n) is 15.3. The van der Waals surface area contributed by atoms with E-state index in [1.165, 1.54) is 82.7 Å². The van der Waals surface area contributed by atoms with Gasteiger partial charge in [0.25, 0.3) is 0 Å². The number of fused-ring (bicyclic) bond motifs is 13. The van der Waals surface area contributed by atoms with Gasteiger partial charge in [0.05, 0.1) is 22.1 Å². The Labute approximate surface area is 311 Å². The second kappa shape index (κ2) is 10.6. The van der Waals surface area contributed by atoms with Crippen LogP contribution in [0.4, 0.5) is 0 Å². The summed E-state index contributed by atoms with van der Waals surface area (Å²) in [4.78, 5) is 0. The lowest BCUT2D eigenvalue weighted by atomic mass is 9.82. The lowest BCUT2D eigenvalue weighted by Gasteiger charge is -2.22. The van der Waals surface area contributed by atoms with E-state index in [-0.39, 0.29) is 5.41 Å². The zero-order chi connectivity index (χ0) is 35.7. The van der Waals surface area contributed by atoms with Crippen LogP contribution in [0.5, 0.6) is 0 Å². The van der Waals surface area contributed by atoms with E-state index in [4.69, 9.17) is 4.42 Å². The normalized spacial score (nSPS) is 13.5. The topological polar surface area (TPSA) is 23.0 Å². The number of furan rings is 1. The highest BCUT2D eigenvalue weighted by Gasteiger charge is 2.35. The van der Waals surface area contributed by atoms with E-state index in [0.29, 0.717) is 0 Å². The summed E-state index contributed by atoms with van der Waals surface area (Å²) in [6.45, 7) is 4.72. The summed E-state index contributed by atoms with van der Waals surface area (Å²) in [5.41, 5.74) is 16.8. The first kappa shape index (κ1) is 29.7. The van der Waals surface area contributed by atoms with Gasteiger partial charge in [0.2, 0.25) is 0 Å². The Balaban J connectivity index is 1.05. The molecule has 0 fully saturated rings. The minimum Gasteiger partial charge on any atom is -0.456 e. The molecule has 0 saturated heterocycles. The van der Waals surface area contributed by atoms with E-state index in [1.807, 2.05) is 12.1 Å². The highest BCUT2D eigenvalue weighted by Crippen LogP contribution is 2.50. The fraction of sp³-hybridized carbons (Fsp3) is 0.0588. The number of aromatic nitrogens is 2. The van der Waals surface area contributed by atoms with Crippen LogP contribution in [-0.2, 0) is 5.41 Å². The molecule has 3 heterocycles. The van der Waals surface area contributed by atoms with E-state index in [1.54, 1.807) is 0 Å². The Bertz CT molecular complexity index is 3350. The van der Waals surface area contributed by atoms with Crippen molar-refractivity contribution in [2.75, 3.05) is 0 Å². The van der Waals surface area contributed by atoms with E-state index >= 15 is 0 Å². The van der Waals surface area contributed by atoms with Crippen molar-refractivity contribution in [1.82, 2.24) is 9.13 Å². The van der Waals surface area contributed by atoms with Crippen LogP contribution in [0.2, 0.25) is 0 Å². The van der Waals surface area contributed by atoms with Crippen molar-refractivity contribution < 1.29 is 4.42 Å². The molecule has 3 aromatic heterocycles. The molecule has 0 radical (unpaired) electrons. The highest BCUT2D eigenvalue weighted by molar-refractivity contribution is 6.29. The number of benzene rings is 8. The number of hydrogen-bond acceptors (Lipinski definition) is 1. The lowest BCUT2D eigenvalue weighted by Crippen LogP contribution is -2.15. The van der Waals surface area contributed by atoms with Gasteiger partial charge in [-0.05, 0) is 100 Å². The first-order valence-electron chi connectivity index (χ1n) is 18.8. The lowest BCUT2D eigenvalue weighted by molar-refractivity contribution is 0.660. The molecule has 3 nitrogen and oxygen atoms in total. The Hall–Kier alpha value is -6.84. The molecule has 0 atom stereocenters. The third-order valence-electron chi connectivity index (χ3n) is 12.1. The predicted molar refractivity (Wildman–Crippen MR) is 225 cm³/mol. The van der Waals surface area contributed by atoms with Crippen molar-refractivity contribution in [3.05, 3.63) is 181 Å². The van der Waals surface area contributed by atoms with Crippen LogP contribution in [0.25, 0.3) is 99.2 Å². The summed E-state index contributed by atoms with van der Waals surface area (Å²) in [5, 5.41) is 7.39. The van der Waals surface area contributed by atoms with Crippen LogP contribution >= 0.6 is 0 Å². The Kier molecular flexibility index (Phi) is 5.84. The third-order valence-corrected chi connectivity index (χ3v) is 12.1. The van der Waals surface area contributed by atoms with Gasteiger partial charge in [0.15, 0.2) is 0 Å². The van der Waals surface area contributed by atoms with Crippen LogP contribution in [-0.4, -0.2) is 9.13 Å². The molecule has 3 heteroatoms. The van der Waals surface area contributed by atoms with Crippen molar-refractivity contribution in [3.8, 4) is 33.6 Å². The number of nitrogens with zero attached hydrogens (tertiary/aromatic N) is 2. The van der Waals surface area contributed by atoms with Gasteiger partial charge < -0.3 is 13.6 Å². The Morgan fingerprint density at radius 2 is 0.944 bits per heavy atom. The van der Waals surface area contributed by atoms with E-state index in [9.17, 15) is 0 Å². The van der Waals surface area contributed by atoms with Crippen LogP contribution < -0.4 is 0 Å². The SMILES string of the molecule is CC1(C)c2ccccc2-c2ccc(-n3c4ccccc4c4c5c6ccccc6n(-c6ccc(-c7ccc8oc9ccccc9c8c7)cc6)c5ccc43)cc21. The molecule has 0 amide bonds. The van der Waals surface area contributed by atoms with Crippen molar-refractivity contribution in [3.63, 3.8) is 0 Å². The van der Waals surface area contributed by atoms with Gasteiger partial charge in [0, 0.05) is 49.1 Å². The summed E-state index contributed by atoms with van der Waals surface area (Å²) in [5.74, 6) is 0. The fourth-order valence-corrected chi connectivity index (χ4v) is 9.61. The maximum Gasteiger partial charge on any atom is 0.135 e. The summed E-state index contributed by atoms with van der Waals surface area (Å²) in [6.07, 6.45) is 0. The van der Waals surface area contributed by atoms with Crippen LogP contribution in [0.3, 0.4) is 0 Å². The zero-order valence-electron chi connectivity index (χ0n) is 30.0. The summed E-state index contributed by atoms with van der Waals surface area (Å²) < 4.78 is 11.0. The molecule has 0 bridgehead atoms. The van der Waals surface area contributed by atoms with Crippen LogP contribution in [0, 0.1) is 0 Å². The second-order valence-corrected chi connectivity index (χ2v) is 15.3. The summed E-state index contributed by atoms with van der Waals surface area (Å²) in [7, 11) is 0. The molecule has 0 saturated carbocycles. The van der Waals surface area contributed by atoms with E-state index in [0.717, 1.165) is 27.6 Å². The minimum atomic E-state index is -0.0721. The van der Waals surface area contributed by atoms with Crippen LogP contribution in [0.1, 0.15) is 25.0 Å². The molecular weight excluding hydrogens is 657 g/mol. The number of para-hydroxylation sites is 3. The van der Waals surface area contributed by atoms with E-state index < -0.39 is 0 Å². The largest absolute Gasteiger partial charge is 0.456 e. The molecule has 0 N–H and O–H groups in total. The van der Waals surface area contributed by atoms with Crippen molar-refractivity contribution in [2.45, 2.75) is 19.3 Å². The number of hydrogen-bond donors (Lipinski definition) is 0. The van der Waals surface area contributed by atoms with Gasteiger partial charge in [0.1, 0.15) is 11.2 Å². The molecular formula is C51H34N2O. The molecule has 0 spiro atoms. The molecule has 54 heavy (non-hydrogen) atoms. The number of rotatable bonds is 3. The Morgan fingerprint density at radius 1 is 0.389 bits per heavy atom. The average Bonchev–Trinajstić information content (AvgIpc) is 3.93. The van der Waals surface area contributed by atoms with Gasteiger partial charge in [-0.15, -0.1) is 0 Å². The maximum atomic E-state index is 6.11. The van der Waals surface area contributed by atoms with Gasteiger partial charge in [-0.1, -0.05) is 117 Å². The Morgan fingerprint density at radius 3 is 1.69 bits per heavy atom. The molecule has 1 aliphatic carbocycles. The van der Waals surface area contributed by atoms with Gasteiger partial charge in [-0.25, -0.2) is 0 Å². The minimum absolute atomic E-state index is 0.0721. The molecule has 0 unspecified atom stereocenters. The molecule has 11 aromatic rings. The molecule has 1 aliphatic rings. The quantitative estimate of drug-likeness (QED) is 0.181. The first-order chi connectivity index (χ1) is 26.5. The maximum absolute atomic E-state index is 6.11. The predicted octanol–water partition coefficient (Wildman–Crippen LogP) is 13.8. The summed E-state index contributed by atoms with van der Waals surface area (Å²) in [6, 6.07) is 62.2. The summed E-state index contributed by atoms with van der Waals surface area (Å²) >= 11 is 0. The molecule has 254 valence electrons. The monoisotopic (exact) mass is 690 g/mol. The highest BCUT2D eigenvalue weighted by atomic mass is 16.3. The van der Waals surface area contributed by atoms with Gasteiger partial charge in [-0.2, -0.15) is 0 Å². The van der Waals surface area contributed by atoms with Crippen molar-refractivity contribution in [1.29, 1.82) is 0 Å². The fourth-order valence-electron chi connectivity index (χ4n) is 9.61. The van der Waals surface area contributed by atoms with Crippen molar-refractivity contribution >= 4 is 65.6 Å². The van der Waals surface area contributed by atoms with E-state index in [2.05, 4.69) is 181 Å². The third kappa shape index (κ3) is 3.91. The van der Waals surface area contributed by atoms with Gasteiger partial charge >= 0.3 is 0 Å². The molecule has 0 aliphatic heterocycles. The zero-order valence-corrected chi connectivity index (χ0v) is 30.0. The van der Waals surface area contributed by atoms with Crippen LogP contribution in [0.15, 0.2) is 174 Å². The average molecular weight is 691 g/mol. The van der Waals surface area contributed by atoms with Crippen molar-refractivity contribution in [2.24, 2.45) is 0 Å².